The van der Waals surface area contributed by atoms with Crippen LogP contribution in [0.4, 0.5) is 5.69 Å². The number of carbonyl (C=O) groups excluding carboxylic acids is 1. The van der Waals surface area contributed by atoms with Crippen LogP contribution in [0, 0.1) is 10.1 Å². The highest BCUT2D eigenvalue weighted by Crippen LogP contribution is 2.39. The van der Waals surface area contributed by atoms with Gasteiger partial charge in [-0.25, -0.2) is 8.42 Å². The largest absolute Gasteiger partial charge is 0.298 e. The first-order chi connectivity index (χ1) is 10.9. The molecule has 0 aromatic heterocycles. The molecule has 1 aromatic rings. The molecule has 1 aromatic carbocycles. The molecule has 2 heterocycles. The number of nitro groups is 1. The number of fused-ring (bicyclic) bond motifs is 2. The summed E-state index contributed by atoms with van der Waals surface area (Å²) in [5.41, 5.74) is -0.454. The van der Waals surface area contributed by atoms with E-state index in [-0.39, 0.29) is 17.1 Å². The van der Waals surface area contributed by atoms with Crippen molar-refractivity contribution in [2.75, 3.05) is 6.26 Å². The molecular formula is C14H14N2O5S2. The van der Waals surface area contributed by atoms with Crippen LogP contribution >= 0.6 is 11.8 Å². The van der Waals surface area contributed by atoms with Gasteiger partial charge < -0.3 is 0 Å². The number of nitro benzene ring substituents is 1. The van der Waals surface area contributed by atoms with E-state index in [9.17, 15) is 23.3 Å². The van der Waals surface area contributed by atoms with Gasteiger partial charge in [-0.2, -0.15) is 16.1 Å². The van der Waals surface area contributed by atoms with Crippen LogP contribution in [0.2, 0.25) is 0 Å². The molecule has 7 nitrogen and oxygen atoms in total. The highest BCUT2D eigenvalue weighted by atomic mass is 32.2. The van der Waals surface area contributed by atoms with E-state index in [2.05, 4.69) is 0 Å². The van der Waals surface area contributed by atoms with Crippen molar-refractivity contribution in [2.24, 2.45) is 0 Å². The fourth-order valence-corrected chi connectivity index (χ4v) is 5.92. The van der Waals surface area contributed by atoms with Gasteiger partial charge in [0.25, 0.3) is 15.7 Å². The molecule has 0 radical (unpaired) electrons. The number of benzene rings is 1. The van der Waals surface area contributed by atoms with Crippen molar-refractivity contribution in [2.45, 2.75) is 28.6 Å². The monoisotopic (exact) mass is 354 g/mol. The number of hydrogen-bond donors (Lipinski definition) is 0. The average molecular weight is 354 g/mol. The Labute approximate surface area is 137 Å². The van der Waals surface area contributed by atoms with Crippen LogP contribution in [0.1, 0.15) is 6.42 Å². The van der Waals surface area contributed by atoms with Gasteiger partial charge in [0.2, 0.25) is 0 Å². The Morgan fingerprint density at radius 3 is 2.65 bits per heavy atom. The molecule has 122 valence electrons. The average Bonchev–Trinajstić information content (AvgIpc) is 2.85. The minimum Gasteiger partial charge on any atom is -0.298 e. The van der Waals surface area contributed by atoms with Crippen molar-refractivity contribution in [3.05, 3.63) is 46.5 Å². The fraction of sp³-hybridized carbons (Fsp3) is 0.357. The molecule has 1 saturated heterocycles. The fourth-order valence-electron chi connectivity index (χ4n) is 3.09. The second-order valence-corrected chi connectivity index (χ2v) is 8.12. The highest BCUT2D eigenvalue weighted by molar-refractivity contribution is 8.00. The molecule has 1 fully saturated rings. The van der Waals surface area contributed by atoms with E-state index in [0.717, 1.165) is 0 Å². The van der Waals surface area contributed by atoms with Gasteiger partial charge in [-0.3, -0.25) is 14.9 Å². The van der Waals surface area contributed by atoms with Crippen molar-refractivity contribution in [1.82, 2.24) is 4.31 Å². The van der Waals surface area contributed by atoms with Gasteiger partial charge in [0.1, 0.15) is 5.78 Å². The number of para-hydroxylation sites is 1. The zero-order valence-corrected chi connectivity index (χ0v) is 13.8. The van der Waals surface area contributed by atoms with Crippen LogP contribution in [0.3, 0.4) is 0 Å². The number of rotatable bonds is 4. The molecule has 0 unspecified atom stereocenters. The molecule has 9 heteroatoms. The normalized spacial score (nSPS) is 27.3. The summed E-state index contributed by atoms with van der Waals surface area (Å²) in [7, 11) is -4.08. The van der Waals surface area contributed by atoms with Gasteiger partial charge >= 0.3 is 0 Å². The quantitative estimate of drug-likeness (QED) is 0.463. The summed E-state index contributed by atoms with van der Waals surface area (Å²) >= 11 is 1.30. The summed E-state index contributed by atoms with van der Waals surface area (Å²) in [4.78, 5) is 22.2. The van der Waals surface area contributed by atoms with Crippen molar-refractivity contribution >= 4 is 33.3 Å². The molecule has 23 heavy (non-hydrogen) atoms. The van der Waals surface area contributed by atoms with Gasteiger partial charge in [-0.15, -0.1) is 0 Å². The molecule has 0 aliphatic carbocycles. The van der Waals surface area contributed by atoms with Crippen LogP contribution in [0.25, 0.3) is 0 Å². The lowest BCUT2D eigenvalue weighted by Gasteiger charge is -2.37. The van der Waals surface area contributed by atoms with E-state index in [4.69, 9.17) is 0 Å². The number of hydrogen-bond acceptors (Lipinski definition) is 6. The lowest BCUT2D eigenvalue weighted by atomic mass is 10.0. The Morgan fingerprint density at radius 1 is 1.30 bits per heavy atom. The maximum atomic E-state index is 13.0. The molecule has 2 aliphatic heterocycles. The van der Waals surface area contributed by atoms with E-state index in [1.807, 2.05) is 0 Å². The van der Waals surface area contributed by atoms with Crippen LogP contribution in [-0.2, 0) is 14.8 Å². The maximum Gasteiger partial charge on any atom is 0.289 e. The lowest BCUT2D eigenvalue weighted by molar-refractivity contribution is -0.387. The number of sulfonamides is 1. The second-order valence-electron chi connectivity index (χ2n) is 5.33. The van der Waals surface area contributed by atoms with Crippen LogP contribution in [0.5, 0.6) is 0 Å². The van der Waals surface area contributed by atoms with Crippen molar-refractivity contribution in [3.63, 3.8) is 0 Å². The minimum absolute atomic E-state index is 0.00603. The van der Waals surface area contributed by atoms with E-state index in [1.165, 1.54) is 40.3 Å². The number of ketones is 1. The first kappa shape index (κ1) is 16.2. The smallest absolute Gasteiger partial charge is 0.289 e. The topological polar surface area (TPSA) is 97.6 Å². The Balaban J connectivity index is 2.09. The third-order valence-electron chi connectivity index (χ3n) is 4.06. The van der Waals surface area contributed by atoms with Gasteiger partial charge in [-0.1, -0.05) is 24.3 Å². The molecule has 0 amide bonds. The van der Waals surface area contributed by atoms with Crippen LogP contribution in [-0.4, -0.2) is 47.0 Å². The molecule has 0 saturated carbocycles. The molecule has 2 bridgehead atoms. The summed E-state index contributed by atoms with van der Waals surface area (Å²) in [5, 5.41) is 10.7. The Kier molecular flexibility index (Phi) is 4.03. The Morgan fingerprint density at radius 2 is 2.00 bits per heavy atom. The molecule has 3 rings (SSSR count). The van der Waals surface area contributed by atoms with Gasteiger partial charge in [0.15, 0.2) is 4.90 Å². The van der Waals surface area contributed by atoms with Crippen molar-refractivity contribution < 1.29 is 18.1 Å². The molecule has 0 N–H and O–H groups in total. The van der Waals surface area contributed by atoms with Crippen molar-refractivity contribution in [1.29, 1.82) is 0 Å². The van der Waals surface area contributed by atoms with Gasteiger partial charge in [0, 0.05) is 12.5 Å². The first-order valence-corrected chi connectivity index (χ1v) is 9.61. The summed E-state index contributed by atoms with van der Waals surface area (Å²) in [6.45, 7) is 0. The zero-order valence-electron chi connectivity index (χ0n) is 12.2. The summed E-state index contributed by atoms with van der Waals surface area (Å²) in [6, 6.07) is 4.12. The van der Waals surface area contributed by atoms with Crippen LogP contribution in [0.15, 0.2) is 41.3 Å². The zero-order chi connectivity index (χ0) is 16.8. The van der Waals surface area contributed by atoms with E-state index in [0.29, 0.717) is 0 Å². The van der Waals surface area contributed by atoms with Gasteiger partial charge in [-0.05, 0) is 12.3 Å². The van der Waals surface area contributed by atoms with E-state index < -0.39 is 38.0 Å². The second kappa shape index (κ2) is 5.73. The Bertz CT molecular complexity index is 805. The number of Topliss-reactive ketones (excluding diaryl/α,β-unsaturated/α-hetero) is 1. The molecule has 2 aliphatic rings. The van der Waals surface area contributed by atoms with E-state index >= 15 is 0 Å². The predicted molar refractivity (Wildman–Crippen MR) is 85.8 cm³/mol. The van der Waals surface area contributed by atoms with E-state index in [1.54, 1.807) is 18.4 Å². The number of piperidine rings is 1. The number of nitrogens with zero attached hydrogens (tertiary/aromatic N) is 2. The highest BCUT2D eigenvalue weighted by Gasteiger charge is 2.50. The number of carbonyl (C=O) groups is 1. The predicted octanol–water partition coefficient (Wildman–Crippen LogP) is 1.60. The molecular weight excluding hydrogens is 340 g/mol. The lowest BCUT2D eigenvalue weighted by Crippen LogP contribution is -2.53. The summed E-state index contributed by atoms with van der Waals surface area (Å²) in [6.07, 6.45) is 5.26. The Hall–Kier alpha value is -1.71. The number of thioether (sulfide) groups is 1. The standard InChI is InChI=1S/C14H14N2O5S2/c1-22-14-11-7-6-9(8-12(14)17)15(11)23(20,21)13-5-3-2-4-10(13)16(18)19/h2-7,9,11,14H,8H2,1H3/t9-,11+,14-/m0/s1. The minimum atomic E-state index is -4.08. The third-order valence-corrected chi connectivity index (χ3v) is 7.08. The SMILES string of the molecule is CS[C@@H]1C(=O)C[C@@H]2C=C[C@H]1N2S(=O)(=O)c1ccccc1[N+](=O)[O-]. The summed E-state index contributed by atoms with van der Waals surface area (Å²) < 4.78 is 27.2. The van der Waals surface area contributed by atoms with Gasteiger partial charge in [0.05, 0.1) is 22.3 Å². The maximum absolute atomic E-state index is 13.0. The third kappa shape index (κ3) is 2.48. The first-order valence-electron chi connectivity index (χ1n) is 6.88. The van der Waals surface area contributed by atoms with Crippen LogP contribution < -0.4 is 0 Å². The molecule has 3 atom stereocenters. The van der Waals surface area contributed by atoms with Crippen molar-refractivity contribution in [3.8, 4) is 0 Å². The molecule has 0 spiro atoms. The summed E-state index contributed by atoms with van der Waals surface area (Å²) in [5.74, 6) is 0.00603.